The van der Waals surface area contributed by atoms with Gasteiger partial charge in [0.1, 0.15) is 12.3 Å². The van der Waals surface area contributed by atoms with Crippen molar-refractivity contribution in [3.05, 3.63) is 53.7 Å². The molecule has 2 heterocycles. The fourth-order valence-corrected chi connectivity index (χ4v) is 4.99. The fourth-order valence-electron chi connectivity index (χ4n) is 4.56. The number of benzene rings is 1. The first kappa shape index (κ1) is 25.7. The van der Waals surface area contributed by atoms with Crippen LogP contribution in [0.3, 0.4) is 0 Å². The number of halogens is 3. The van der Waals surface area contributed by atoms with Crippen LogP contribution < -0.4 is 14.4 Å². The van der Waals surface area contributed by atoms with E-state index in [9.17, 15) is 31.2 Å². The summed E-state index contributed by atoms with van der Waals surface area (Å²) in [5, 5.41) is 2.73. The third-order valence-corrected chi connectivity index (χ3v) is 7.21. The van der Waals surface area contributed by atoms with Gasteiger partial charge < -0.3 is 19.1 Å². The zero-order valence-corrected chi connectivity index (χ0v) is 20.2. The lowest BCUT2D eigenvalue weighted by Gasteiger charge is -2.45. The predicted molar refractivity (Wildman–Crippen MR) is 121 cm³/mol. The van der Waals surface area contributed by atoms with Gasteiger partial charge >= 0.3 is 21.7 Å². The quantitative estimate of drug-likeness (QED) is 0.445. The van der Waals surface area contributed by atoms with Gasteiger partial charge in [-0.2, -0.15) is 21.6 Å². The normalized spacial score (nSPS) is 21.9. The highest BCUT2D eigenvalue weighted by atomic mass is 32.2. The summed E-state index contributed by atoms with van der Waals surface area (Å²) in [5.74, 6) is -1.78. The zero-order valence-electron chi connectivity index (χ0n) is 19.4. The highest BCUT2D eigenvalue weighted by molar-refractivity contribution is 7.88. The van der Waals surface area contributed by atoms with Crippen LogP contribution in [0.25, 0.3) is 0 Å². The van der Waals surface area contributed by atoms with Crippen molar-refractivity contribution in [3.8, 4) is 5.88 Å². The van der Waals surface area contributed by atoms with E-state index >= 15 is 0 Å². The lowest BCUT2D eigenvalue weighted by Crippen LogP contribution is -2.53. The van der Waals surface area contributed by atoms with E-state index in [4.69, 9.17) is 4.74 Å². The van der Waals surface area contributed by atoms with E-state index in [2.05, 4.69) is 14.5 Å². The maximum Gasteiger partial charge on any atom is 0.534 e. The molecule has 36 heavy (non-hydrogen) atoms. The second-order valence-corrected chi connectivity index (χ2v) is 10.3. The van der Waals surface area contributed by atoms with Crippen molar-refractivity contribution in [1.82, 2.24) is 10.3 Å². The monoisotopic (exact) mass is 527 g/mol. The van der Waals surface area contributed by atoms with Crippen LogP contribution in [0.5, 0.6) is 5.88 Å². The van der Waals surface area contributed by atoms with Crippen LogP contribution in [0, 0.1) is 11.8 Å². The molecule has 4 rings (SSSR count). The van der Waals surface area contributed by atoms with E-state index in [0.717, 1.165) is 24.6 Å². The van der Waals surface area contributed by atoms with Crippen molar-refractivity contribution < 1.29 is 40.1 Å². The number of amides is 2. The minimum Gasteiger partial charge on any atom is -0.445 e. The third-order valence-electron chi connectivity index (χ3n) is 6.26. The van der Waals surface area contributed by atoms with Gasteiger partial charge in [0.05, 0.1) is 6.04 Å². The number of alkyl halides is 3. The van der Waals surface area contributed by atoms with E-state index in [-0.39, 0.29) is 29.7 Å². The van der Waals surface area contributed by atoms with Gasteiger partial charge in [0.15, 0.2) is 0 Å². The molecule has 2 aromatic rings. The lowest BCUT2D eigenvalue weighted by atomic mass is 9.80. The molecule has 2 aliphatic rings. The molecule has 1 fully saturated rings. The van der Waals surface area contributed by atoms with Gasteiger partial charge in [0.2, 0.25) is 5.91 Å². The summed E-state index contributed by atoms with van der Waals surface area (Å²) in [4.78, 5) is 30.3. The molecule has 1 unspecified atom stereocenters. The summed E-state index contributed by atoms with van der Waals surface area (Å²) >= 11 is 0. The molecule has 9 nitrogen and oxygen atoms in total. The smallest absolute Gasteiger partial charge is 0.445 e. The first-order valence-electron chi connectivity index (χ1n) is 11.2. The molecule has 0 bridgehead atoms. The summed E-state index contributed by atoms with van der Waals surface area (Å²) in [7, 11) is -6.06. The Balaban J connectivity index is 1.71. The Morgan fingerprint density at radius 3 is 2.42 bits per heavy atom. The fraction of sp³-hybridized carbons (Fsp3) is 0.435. The molecule has 0 saturated heterocycles. The highest BCUT2D eigenvalue weighted by Crippen LogP contribution is 2.51. The van der Waals surface area contributed by atoms with E-state index < -0.39 is 45.6 Å². The number of nitrogens with zero attached hydrogens (tertiary/aromatic N) is 2. The van der Waals surface area contributed by atoms with Gasteiger partial charge in [0.25, 0.3) is 5.88 Å². The first-order chi connectivity index (χ1) is 16.9. The van der Waals surface area contributed by atoms with Crippen molar-refractivity contribution in [2.24, 2.45) is 11.8 Å². The molecule has 194 valence electrons. The number of anilines is 1. The van der Waals surface area contributed by atoms with Crippen LogP contribution in [-0.2, 0) is 26.3 Å². The number of hydrogen-bond donors (Lipinski definition) is 1. The van der Waals surface area contributed by atoms with Gasteiger partial charge in [-0.15, -0.1) is 0 Å². The molecule has 1 aliphatic heterocycles. The first-order valence-corrected chi connectivity index (χ1v) is 12.6. The molecule has 1 aliphatic carbocycles. The molecule has 1 aromatic heterocycles. The Kier molecular flexibility index (Phi) is 6.86. The van der Waals surface area contributed by atoms with Crippen LogP contribution in [0.2, 0.25) is 0 Å². The highest BCUT2D eigenvalue weighted by Gasteiger charge is 2.52. The maximum absolute atomic E-state index is 13.1. The predicted octanol–water partition coefficient (Wildman–Crippen LogP) is 4.06. The molecular formula is C23H24F3N3O6S. The van der Waals surface area contributed by atoms with Crippen LogP contribution in [0.15, 0.2) is 42.6 Å². The maximum atomic E-state index is 13.1. The topological polar surface area (TPSA) is 115 Å². The zero-order chi connectivity index (χ0) is 26.3. The second-order valence-electron chi connectivity index (χ2n) is 8.80. The average Bonchev–Trinajstić information content (AvgIpc) is 3.64. The summed E-state index contributed by atoms with van der Waals surface area (Å²) in [6.07, 6.45) is 1.80. The van der Waals surface area contributed by atoms with Crippen LogP contribution in [-0.4, -0.2) is 37.0 Å². The molecule has 0 radical (unpaired) electrons. The van der Waals surface area contributed by atoms with Gasteiger partial charge in [-0.3, -0.25) is 4.79 Å². The number of fused-ring (bicyclic) bond motifs is 1. The summed E-state index contributed by atoms with van der Waals surface area (Å²) in [6, 6.07) is 8.99. The molecule has 1 N–H and O–H groups in total. The SMILES string of the molecule is CC(=O)N1c2c(ccnc2OS(=O)(=O)C(F)(F)F)C(NC(=O)OCc2ccccc2)[C@@H](C)[C@@H]1C1CC1. The number of rotatable bonds is 6. The molecule has 2 amide bonds. The Morgan fingerprint density at radius 2 is 1.83 bits per heavy atom. The van der Waals surface area contributed by atoms with E-state index in [1.807, 2.05) is 6.07 Å². The molecular weight excluding hydrogens is 503 g/mol. The molecule has 1 aromatic carbocycles. The van der Waals surface area contributed by atoms with Crippen molar-refractivity contribution >= 4 is 27.8 Å². The van der Waals surface area contributed by atoms with E-state index in [1.54, 1.807) is 31.2 Å². The largest absolute Gasteiger partial charge is 0.534 e. The van der Waals surface area contributed by atoms with Crippen molar-refractivity contribution in [1.29, 1.82) is 0 Å². The van der Waals surface area contributed by atoms with Crippen LogP contribution in [0.4, 0.5) is 23.7 Å². The lowest BCUT2D eigenvalue weighted by molar-refractivity contribution is -0.117. The van der Waals surface area contributed by atoms with Gasteiger partial charge in [0, 0.05) is 30.6 Å². The van der Waals surface area contributed by atoms with Crippen molar-refractivity contribution in [3.63, 3.8) is 0 Å². The molecule has 0 spiro atoms. The number of carbonyl (C=O) groups is 2. The van der Waals surface area contributed by atoms with Crippen molar-refractivity contribution in [2.45, 2.75) is 50.9 Å². The Hall–Kier alpha value is -3.35. The van der Waals surface area contributed by atoms with E-state index in [0.29, 0.717) is 0 Å². The Bertz CT molecular complexity index is 1250. The molecule has 3 atom stereocenters. The number of ether oxygens (including phenoxy) is 1. The number of carbonyl (C=O) groups excluding carboxylic acids is 2. The number of pyridine rings is 1. The van der Waals surface area contributed by atoms with E-state index in [1.165, 1.54) is 17.9 Å². The Labute approximate surface area is 205 Å². The third kappa shape index (κ3) is 5.11. The molecule has 13 heteroatoms. The number of aromatic nitrogens is 1. The van der Waals surface area contributed by atoms with Gasteiger partial charge in [-0.05, 0) is 30.4 Å². The van der Waals surface area contributed by atoms with Crippen LogP contribution in [0.1, 0.15) is 43.9 Å². The average molecular weight is 528 g/mol. The second kappa shape index (κ2) is 9.60. The van der Waals surface area contributed by atoms with Gasteiger partial charge in [-0.1, -0.05) is 37.3 Å². The summed E-state index contributed by atoms with van der Waals surface area (Å²) < 4.78 is 72.4. The number of alkyl carbamates (subject to hydrolysis) is 1. The number of hydrogen-bond acceptors (Lipinski definition) is 7. The van der Waals surface area contributed by atoms with Crippen molar-refractivity contribution in [2.75, 3.05) is 4.90 Å². The standard InChI is InChI=1S/C23H24F3N3O6S/c1-13-18(28-22(31)34-12-15-6-4-3-5-7-15)17-10-11-27-21(35-36(32,33)23(24,25)26)20(17)29(14(2)30)19(13)16-8-9-16/h3-7,10-11,13,16,18-19H,8-9,12H2,1-2H3,(H,28,31)/t13-,18?,19-/m1/s1. The van der Waals surface area contributed by atoms with Crippen LogP contribution >= 0.6 is 0 Å². The van der Waals surface area contributed by atoms with Gasteiger partial charge in [-0.25, -0.2) is 9.78 Å². The Morgan fingerprint density at radius 1 is 1.17 bits per heavy atom. The molecule has 1 saturated carbocycles. The number of nitrogens with one attached hydrogen (secondary N) is 1. The minimum atomic E-state index is -6.06. The summed E-state index contributed by atoms with van der Waals surface area (Å²) in [5.41, 5.74) is -4.98. The summed E-state index contributed by atoms with van der Waals surface area (Å²) in [6.45, 7) is 3.01. The minimum absolute atomic E-state index is 0.00830.